The minimum atomic E-state index is -0.199. The van der Waals surface area contributed by atoms with E-state index in [2.05, 4.69) is 10.2 Å². The Hall–Kier alpha value is -0.690. The molecule has 0 heterocycles. The van der Waals surface area contributed by atoms with Crippen molar-refractivity contribution in [2.45, 2.75) is 37.8 Å². The molecule has 0 spiro atoms. The van der Waals surface area contributed by atoms with E-state index in [9.17, 15) is 4.79 Å². The summed E-state index contributed by atoms with van der Waals surface area (Å²) in [6.45, 7) is 4.13. The average molecular weight is 302 g/mol. The number of hydrogen-bond donors (Lipinski definition) is 1. The van der Waals surface area contributed by atoms with Crippen LogP contribution in [0.4, 0.5) is 0 Å². The highest BCUT2D eigenvalue weighted by Gasteiger charge is 2.29. The maximum absolute atomic E-state index is 11.8. The molecule has 1 unspecified atom stereocenters. The zero-order chi connectivity index (χ0) is 15.5. The molecule has 0 amide bonds. The lowest BCUT2D eigenvalue weighted by atomic mass is 10.2. The van der Waals surface area contributed by atoms with E-state index < -0.39 is 0 Å². The summed E-state index contributed by atoms with van der Waals surface area (Å²) in [6, 6.07) is 0.296. The largest absolute Gasteiger partial charge is 0.468 e. The molecule has 0 bridgehead atoms. The van der Waals surface area contributed by atoms with Crippen LogP contribution in [-0.2, 0) is 19.0 Å². The molecule has 1 aliphatic rings. The molecule has 1 atom stereocenters. The van der Waals surface area contributed by atoms with Crippen LogP contribution in [0.1, 0.15) is 25.7 Å². The number of methoxy groups -OCH3 is 3. The Morgan fingerprint density at radius 2 is 1.86 bits per heavy atom. The van der Waals surface area contributed by atoms with E-state index in [4.69, 9.17) is 14.2 Å². The van der Waals surface area contributed by atoms with Crippen molar-refractivity contribution in [3.63, 3.8) is 0 Å². The van der Waals surface area contributed by atoms with E-state index in [1.165, 1.54) is 7.11 Å². The van der Waals surface area contributed by atoms with Gasteiger partial charge >= 0.3 is 5.97 Å². The van der Waals surface area contributed by atoms with Gasteiger partial charge < -0.3 is 24.4 Å². The predicted octanol–water partition coefficient (Wildman–Crippen LogP) is 0.655. The lowest BCUT2D eigenvalue weighted by Gasteiger charge is -2.24. The molecule has 0 saturated heterocycles. The van der Waals surface area contributed by atoms with E-state index in [1.807, 2.05) is 0 Å². The first-order chi connectivity index (χ1) is 10.2. The van der Waals surface area contributed by atoms with Crippen LogP contribution in [0, 0.1) is 0 Å². The molecule has 1 rings (SSSR count). The van der Waals surface area contributed by atoms with Crippen molar-refractivity contribution in [2.24, 2.45) is 0 Å². The molecule has 0 aromatic heterocycles. The average Bonchev–Trinajstić information content (AvgIpc) is 3.31. The Bertz CT molecular complexity index is 285. The van der Waals surface area contributed by atoms with Crippen LogP contribution in [0.25, 0.3) is 0 Å². The van der Waals surface area contributed by atoms with Gasteiger partial charge in [0.25, 0.3) is 0 Å². The van der Waals surface area contributed by atoms with Crippen molar-refractivity contribution in [3.05, 3.63) is 0 Å². The number of rotatable bonds is 13. The molecular weight excluding hydrogens is 272 g/mol. The van der Waals surface area contributed by atoms with Crippen LogP contribution in [-0.4, -0.2) is 77.1 Å². The van der Waals surface area contributed by atoms with Crippen LogP contribution >= 0.6 is 0 Å². The lowest BCUT2D eigenvalue weighted by Crippen LogP contribution is -2.42. The van der Waals surface area contributed by atoms with Gasteiger partial charge in [0.15, 0.2) is 0 Å². The molecule has 124 valence electrons. The second-order valence-electron chi connectivity index (χ2n) is 5.49. The van der Waals surface area contributed by atoms with Crippen molar-refractivity contribution in [2.75, 3.05) is 54.2 Å². The fraction of sp³-hybridized carbons (Fsp3) is 0.933. The van der Waals surface area contributed by atoms with E-state index >= 15 is 0 Å². The molecule has 1 aliphatic carbocycles. The second kappa shape index (κ2) is 11.0. The third-order valence-corrected chi connectivity index (χ3v) is 3.67. The van der Waals surface area contributed by atoms with Crippen LogP contribution in [0.15, 0.2) is 0 Å². The molecule has 0 aliphatic heterocycles. The fourth-order valence-electron chi connectivity index (χ4n) is 2.25. The fourth-order valence-corrected chi connectivity index (χ4v) is 2.25. The molecule has 0 radical (unpaired) electrons. The van der Waals surface area contributed by atoms with Gasteiger partial charge in [0, 0.05) is 46.5 Å². The zero-order valence-corrected chi connectivity index (χ0v) is 13.6. The van der Waals surface area contributed by atoms with Crippen molar-refractivity contribution in [1.82, 2.24) is 10.2 Å². The van der Waals surface area contributed by atoms with E-state index in [0.29, 0.717) is 12.6 Å². The summed E-state index contributed by atoms with van der Waals surface area (Å²) in [5, 5.41) is 3.36. The number of carbonyl (C=O) groups excluding carboxylic acids is 1. The summed E-state index contributed by atoms with van der Waals surface area (Å²) in [6.07, 6.45) is 4.07. The topological polar surface area (TPSA) is 60.0 Å². The molecule has 1 fully saturated rings. The van der Waals surface area contributed by atoms with Gasteiger partial charge in [-0.3, -0.25) is 4.79 Å². The molecule has 1 saturated carbocycles. The third kappa shape index (κ3) is 8.36. The van der Waals surface area contributed by atoms with Crippen LogP contribution in [0.3, 0.4) is 0 Å². The SMILES string of the molecule is COCCCN(CCOC)CCC(NC1CC1)C(=O)OC. The Morgan fingerprint density at radius 3 is 2.43 bits per heavy atom. The monoisotopic (exact) mass is 302 g/mol. The lowest BCUT2D eigenvalue weighted by molar-refractivity contribution is -0.143. The molecule has 6 heteroatoms. The van der Waals surface area contributed by atoms with E-state index in [0.717, 1.165) is 51.9 Å². The first kappa shape index (κ1) is 18.4. The summed E-state index contributed by atoms with van der Waals surface area (Å²) in [7, 11) is 4.87. The Labute approximate surface area is 128 Å². The van der Waals surface area contributed by atoms with Gasteiger partial charge in [0.1, 0.15) is 6.04 Å². The normalized spacial score (nSPS) is 16.2. The first-order valence-electron chi connectivity index (χ1n) is 7.75. The third-order valence-electron chi connectivity index (χ3n) is 3.67. The second-order valence-corrected chi connectivity index (χ2v) is 5.49. The molecule has 6 nitrogen and oxygen atoms in total. The number of carbonyl (C=O) groups is 1. The summed E-state index contributed by atoms with van der Waals surface area (Å²) in [5.41, 5.74) is 0. The van der Waals surface area contributed by atoms with Gasteiger partial charge in [-0.15, -0.1) is 0 Å². The molecular formula is C15H30N2O4. The highest BCUT2D eigenvalue weighted by Crippen LogP contribution is 2.20. The van der Waals surface area contributed by atoms with Gasteiger partial charge in [0.2, 0.25) is 0 Å². The van der Waals surface area contributed by atoms with Crippen LogP contribution in [0.5, 0.6) is 0 Å². The van der Waals surface area contributed by atoms with Crippen molar-refractivity contribution in [3.8, 4) is 0 Å². The van der Waals surface area contributed by atoms with Gasteiger partial charge in [-0.1, -0.05) is 0 Å². The summed E-state index contributed by atoms with van der Waals surface area (Å²) < 4.78 is 15.1. The predicted molar refractivity (Wildman–Crippen MR) is 81.4 cm³/mol. The smallest absolute Gasteiger partial charge is 0.322 e. The summed E-state index contributed by atoms with van der Waals surface area (Å²) in [5.74, 6) is -0.162. The zero-order valence-electron chi connectivity index (χ0n) is 13.6. The summed E-state index contributed by atoms with van der Waals surface area (Å²) >= 11 is 0. The van der Waals surface area contributed by atoms with Crippen molar-refractivity contribution < 1.29 is 19.0 Å². The first-order valence-corrected chi connectivity index (χ1v) is 7.75. The number of ether oxygens (including phenoxy) is 3. The van der Waals surface area contributed by atoms with Crippen molar-refractivity contribution >= 4 is 5.97 Å². The highest BCUT2D eigenvalue weighted by molar-refractivity contribution is 5.75. The number of nitrogens with one attached hydrogen (secondary N) is 1. The molecule has 0 aromatic carbocycles. The minimum Gasteiger partial charge on any atom is -0.468 e. The maximum atomic E-state index is 11.8. The van der Waals surface area contributed by atoms with Crippen LogP contribution in [0.2, 0.25) is 0 Å². The Balaban J connectivity index is 2.36. The molecule has 21 heavy (non-hydrogen) atoms. The molecule has 1 N–H and O–H groups in total. The van der Waals surface area contributed by atoms with E-state index in [-0.39, 0.29) is 12.0 Å². The van der Waals surface area contributed by atoms with Gasteiger partial charge in [0.05, 0.1) is 13.7 Å². The number of hydrogen-bond acceptors (Lipinski definition) is 6. The quantitative estimate of drug-likeness (QED) is 0.398. The Kier molecular flexibility index (Phi) is 9.58. The van der Waals surface area contributed by atoms with Crippen molar-refractivity contribution in [1.29, 1.82) is 0 Å². The van der Waals surface area contributed by atoms with Gasteiger partial charge in [-0.2, -0.15) is 0 Å². The summed E-state index contributed by atoms with van der Waals surface area (Å²) in [4.78, 5) is 14.1. The number of nitrogens with zero attached hydrogens (tertiary/aromatic N) is 1. The van der Waals surface area contributed by atoms with Gasteiger partial charge in [-0.25, -0.2) is 0 Å². The minimum absolute atomic E-state index is 0.162. The van der Waals surface area contributed by atoms with E-state index in [1.54, 1.807) is 14.2 Å². The number of esters is 1. The highest BCUT2D eigenvalue weighted by atomic mass is 16.5. The molecule has 0 aromatic rings. The Morgan fingerprint density at radius 1 is 1.14 bits per heavy atom. The maximum Gasteiger partial charge on any atom is 0.322 e. The van der Waals surface area contributed by atoms with Gasteiger partial charge in [-0.05, 0) is 25.7 Å². The van der Waals surface area contributed by atoms with Crippen LogP contribution < -0.4 is 5.32 Å². The standard InChI is InChI=1S/C15H30N2O4/c1-19-11-4-8-17(10-12-20-2)9-7-14(15(18)21-3)16-13-5-6-13/h13-14,16H,4-12H2,1-3H3.